The summed E-state index contributed by atoms with van der Waals surface area (Å²) in [5, 5.41) is 5.58. The number of hydrogen-bond acceptors (Lipinski definition) is 4. The first-order valence-electron chi connectivity index (χ1n) is 7.77. The van der Waals surface area contributed by atoms with Gasteiger partial charge < -0.3 is 11.1 Å². The minimum atomic E-state index is 0. The first-order valence-corrected chi connectivity index (χ1v) is 8.65. The van der Waals surface area contributed by atoms with Crippen molar-refractivity contribution in [2.24, 2.45) is 11.7 Å². The second-order valence-electron chi connectivity index (χ2n) is 5.85. The van der Waals surface area contributed by atoms with E-state index in [9.17, 15) is 4.79 Å². The molecular formula is C17H22ClN3OS. The molecule has 1 aromatic carbocycles. The molecule has 1 heterocycles. The molecule has 2 unspecified atom stereocenters. The van der Waals surface area contributed by atoms with Crippen LogP contribution in [0.5, 0.6) is 0 Å². The number of aromatic nitrogens is 1. The van der Waals surface area contributed by atoms with Gasteiger partial charge in [-0.15, -0.1) is 23.7 Å². The summed E-state index contributed by atoms with van der Waals surface area (Å²) < 4.78 is 0. The molecule has 4 nitrogen and oxygen atoms in total. The number of anilines is 1. The third-order valence-electron chi connectivity index (χ3n) is 4.24. The van der Waals surface area contributed by atoms with Gasteiger partial charge in [-0.2, -0.15) is 0 Å². The number of nitrogens with zero attached hydrogens (tertiary/aromatic N) is 1. The number of nitrogens with two attached hydrogens (primary N) is 1. The molecule has 3 N–H and O–H groups in total. The highest BCUT2D eigenvalue weighted by molar-refractivity contribution is 7.14. The molecule has 1 fully saturated rings. The minimum Gasteiger partial charge on any atom is -0.328 e. The molecule has 124 valence electrons. The van der Waals surface area contributed by atoms with Gasteiger partial charge in [0, 0.05) is 22.9 Å². The molecule has 1 amide bonds. The van der Waals surface area contributed by atoms with Crippen LogP contribution in [0, 0.1) is 5.92 Å². The Morgan fingerprint density at radius 3 is 2.70 bits per heavy atom. The molecule has 0 saturated heterocycles. The first-order chi connectivity index (χ1) is 10.7. The molecule has 2 aromatic rings. The van der Waals surface area contributed by atoms with E-state index in [1.54, 1.807) is 0 Å². The molecule has 23 heavy (non-hydrogen) atoms. The van der Waals surface area contributed by atoms with Crippen LogP contribution in [0.15, 0.2) is 29.6 Å². The standard InChI is InChI=1S/C17H21N3OS.ClH/c1-2-11-3-5-12(6-4-11)15-10-22-17(19-15)20-16(21)13-7-8-14(18)9-13;/h3-6,10,13-14H,2,7-9,18H2,1H3,(H,19,20,21);1H. The zero-order chi connectivity index (χ0) is 15.5. The fourth-order valence-corrected chi connectivity index (χ4v) is 3.56. The fraction of sp³-hybridized carbons (Fsp3) is 0.412. The molecule has 0 bridgehead atoms. The normalized spacial score (nSPS) is 20.1. The van der Waals surface area contributed by atoms with Crippen molar-refractivity contribution < 1.29 is 4.79 Å². The van der Waals surface area contributed by atoms with Crippen LogP contribution < -0.4 is 11.1 Å². The van der Waals surface area contributed by atoms with Crippen molar-refractivity contribution in [3.8, 4) is 11.3 Å². The number of amides is 1. The highest BCUT2D eigenvalue weighted by Gasteiger charge is 2.28. The number of carbonyl (C=O) groups is 1. The van der Waals surface area contributed by atoms with Crippen LogP contribution in [0.2, 0.25) is 0 Å². The summed E-state index contributed by atoms with van der Waals surface area (Å²) in [5.74, 6) is 0.0846. The van der Waals surface area contributed by atoms with Crippen LogP contribution in [0.3, 0.4) is 0 Å². The number of aryl methyl sites for hydroxylation is 1. The topological polar surface area (TPSA) is 68.0 Å². The lowest BCUT2D eigenvalue weighted by atomic mass is 10.1. The average Bonchev–Trinajstić information content (AvgIpc) is 3.16. The van der Waals surface area contributed by atoms with Crippen LogP contribution in [0.1, 0.15) is 31.7 Å². The summed E-state index contributed by atoms with van der Waals surface area (Å²) in [6.45, 7) is 2.14. The lowest BCUT2D eigenvalue weighted by Gasteiger charge is -2.08. The van der Waals surface area contributed by atoms with Gasteiger partial charge in [-0.25, -0.2) is 4.98 Å². The molecule has 1 aliphatic carbocycles. The average molecular weight is 352 g/mol. The third kappa shape index (κ3) is 4.31. The SMILES string of the molecule is CCc1ccc(-c2csc(NC(=O)C3CCC(N)C3)n2)cc1.Cl. The van der Waals surface area contributed by atoms with E-state index in [1.165, 1.54) is 16.9 Å². The highest BCUT2D eigenvalue weighted by atomic mass is 35.5. The summed E-state index contributed by atoms with van der Waals surface area (Å²) in [5.41, 5.74) is 9.17. The zero-order valence-corrected chi connectivity index (χ0v) is 14.8. The summed E-state index contributed by atoms with van der Waals surface area (Å²) in [6, 6.07) is 8.56. The van der Waals surface area contributed by atoms with Crippen LogP contribution in [0.25, 0.3) is 11.3 Å². The number of rotatable bonds is 4. The Balaban J connectivity index is 0.00000192. The number of thiazole rings is 1. The number of carbonyl (C=O) groups excluding carboxylic acids is 1. The maximum absolute atomic E-state index is 12.2. The largest absolute Gasteiger partial charge is 0.328 e. The molecule has 0 radical (unpaired) electrons. The first kappa shape index (κ1) is 17.9. The van der Waals surface area contributed by atoms with Gasteiger partial charge in [0.1, 0.15) is 0 Å². The minimum absolute atomic E-state index is 0. The molecule has 1 saturated carbocycles. The van der Waals surface area contributed by atoms with Gasteiger partial charge in [0.15, 0.2) is 5.13 Å². The van der Waals surface area contributed by atoms with E-state index < -0.39 is 0 Å². The van der Waals surface area contributed by atoms with Gasteiger partial charge in [-0.05, 0) is 31.2 Å². The molecule has 3 rings (SSSR count). The Kier molecular flexibility index (Phi) is 6.16. The van der Waals surface area contributed by atoms with E-state index in [0.717, 1.165) is 36.9 Å². The zero-order valence-electron chi connectivity index (χ0n) is 13.1. The smallest absolute Gasteiger partial charge is 0.229 e. The van der Waals surface area contributed by atoms with Gasteiger partial charge >= 0.3 is 0 Å². The third-order valence-corrected chi connectivity index (χ3v) is 4.99. The molecule has 0 spiro atoms. The van der Waals surface area contributed by atoms with Gasteiger partial charge in [0.2, 0.25) is 5.91 Å². The number of nitrogens with one attached hydrogen (secondary N) is 1. The Labute approximate surface area is 146 Å². The second kappa shape index (κ2) is 7.90. The summed E-state index contributed by atoms with van der Waals surface area (Å²) in [4.78, 5) is 16.7. The molecule has 0 aliphatic heterocycles. The molecule has 1 aromatic heterocycles. The molecule has 2 atom stereocenters. The van der Waals surface area contributed by atoms with E-state index in [4.69, 9.17) is 5.73 Å². The van der Waals surface area contributed by atoms with Crippen molar-refractivity contribution in [1.29, 1.82) is 0 Å². The molecular weight excluding hydrogens is 330 g/mol. The van der Waals surface area contributed by atoms with Crippen molar-refractivity contribution in [2.75, 3.05) is 5.32 Å². The van der Waals surface area contributed by atoms with Crippen LogP contribution in [0.4, 0.5) is 5.13 Å². The lowest BCUT2D eigenvalue weighted by molar-refractivity contribution is -0.119. The van der Waals surface area contributed by atoms with Crippen molar-refractivity contribution in [3.63, 3.8) is 0 Å². The predicted octanol–water partition coefficient (Wildman–Crippen LogP) is 3.86. The van der Waals surface area contributed by atoms with Crippen molar-refractivity contribution in [1.82, 2.24) is 4.98 Å². The van der Waals surface area contributed by atoms with E-state index in [1.807, 2.05) is 5.38 Å². The predicted molar refractivity (Wildman–Crippen MR) is 98.1 cm³/mol. The van der Waals surface area contributed by atoms with E-state index in [-0.39, 0.29) is 30.3 Å². The van der Waals surface area contributed by atoms with Gasteiger partial charge in [0.25, 0.3) is 0 Å². The lowest BCUT2D eigenvalue weighted by Crippen LogP contribution is -2.23. The highest BCUT2D eigenvalue weighted by Crippen LogP contribution is 2.28. The second-order valence-corrected chi connectivity index (χ2v) is 6.71. The Bertz CT molecular complexity index is 656. The van der Waals surface area contributed by atoms with E-state index >= 15 is 0 Å². The Morgan fingerprint density at radius 2 is 2.09 bits per heavy atom. The van der Waals surface area contributed by atoms with Gasteiger partial charge in [-0.3, -0.25) is 4.79 Å². The monoisotopic (exact) mass is 351 g/mol. The number of halogens is 1. The maximum Gasteiger partial charge on any atom is 0.229 e. The van der Waals surface area contributed by atoms with Crippen molar-refractivity contribution >= 4 is 34.8 Å². The molecule has 1 aliphatic rings. The number of hydrogen-bond donors (Lipinski definition) is 2. The summed E-state index contributed by atoms with van der Waals surface area (Å²) in [6.07, 6.45) is 3.62. The van der Waals surface area contributed by atoms with Gasteiger partial charge in [-0.1, -0.05) is 31.2 Å². The summed E-state index contributed by atoms with van der Waals surface area (Å²) >= 11 is 1.47. The van der Waals surface area contributed by atoms with Crippen molar-refractivity contribution in [3.05, 3.63) is 35.2 Å². The Morgan fingerprint density at radius 1 is 1.35 bits per heavy atom. The van der Waals surface area contributed by atoms with E-state index in [0.29, 0.717) is 5.13 Å². The van der Waals surface area contributed by atoms with Crippen molar-refractivity contribution in [2.45, 2.75) is 38.6 Å². The summed E-state index contributed by atoms with van der Waals surface area (Å²) in [7, 11) is 0. The van der Waals surface area contributed by atoms with Gasteiger partial charge in [0.05, 0.1) is 5.69 Å². The number of benzene rings is 1. The maximum atomic E-state index is 12.2. The van der Waals surface area contributed by atoms with Crippen LogP contribution in [-0.4, -0.2) is 16.9 Å². The fourth-order valence-electron chi connectivity index (χ4n) is 2.84. The van der Waals surface area contributed by atoms with Crippen LogP contribution >= 0.6 is 23.7 Å². The van der Waals surface area contributed by atoms with E-state index in [2.05, 4.69) is 41.5 Å². The van der Waals surface area contributed by atoms with Crippen LogP contribution in [-0.2, 0) is 11.2 Å². The Hall–Kier alpha value is -1.43. The molecule has 6 heteroatoms. The quantitative estimate of drug-likeness (QED) is 0.878.